The molecule has 0 unspecified atom stereocenters. The molecule has 1 aliphatic rings. The van der Waals surface area contributed by atoms with Crippen molar-refractivity contribution in [1.29, 1.82) is 0 Å². The van der Waals surface area contributed by atoms with Crippen LogP contribution >= 0.6 is 24.8 Å². The second-order valence-electron chi connectivity index (χ2n) is 4.16. The zero-order chi connectivity index (χ0) is 12.3. The summed E-state index contributed by atoms with van der Waals surface area (Å²) in [6, 6.07) is 5.15. The minimum atomic E-state index is -2.42. The van der Waals surface area contributed by atoms with E-state index in [1.807, 2.05) is 0 Å². The predicted octanol–water partition coefficient (Wildman–Crippen LogP) is 2.45. The molecule has 2 rings (SSSR count). The molecule has 0 saturated carbocycles. The van der Waals surface area contributed by atoms with E-state index >= 15 is 0 Å². The third kappa shape index (κ3) is 4.76. The summed E-state index contributed by atoms with van der Waals surface area (Å²) in [5.74, 6) is 0.0991. The van der Waals surface area contributed by atoms with Crippen molar-refractivity contribution in [2.24, 2.45) is 0 Å². The van der Waals surface area contributed by atoms with Gasteiger partial charge in [-0.2, -0.15) is 0 Å². The summed E-state index contributed by atoms with van der Waals surface area (Å²) < 4.78 is 26.3. The number of nitrogens with one attached hydrogen (secondary N) is 1. The maximum absolute atomic E-state index is 13.1. The first-order chi connectivity index (χ1) is 8.18. The number of aromatic hydroxyl groups is 1. The fourth-order valence-corrected chi connectivity index (χ4v) is 2.15. The highest BCUT2D eigenvalue weighted by atomic mass is 35.5. The highest BCUT2D eigenvalue weighted by molar-refractivity contribution is 5.85. The number of hydrogen-bond donors (Lipinski definition) is 2. The lowest BCUT2D eigenvalue weighted by Gasteiger charge is -2.34. The summed E-state index contributed by atoms with van der Waals surface area (Å²) in [4.78, 5) is 1.79. The fraction of sp³-hybridized carbons (Fsp3) is 0.500. The first-order valence-corrected chi connectivity index (χ1v) is 5.70. The summed E-state index contributed by atoms with van der Waals surface area (Å²) in [5.41, 5.74) is 0.555. The molecular weight excluding hydrogens is 297 g/mol. The molecule has 0 amide bonds. The largest absolute Gasteiger partial charge is 0.508 e. The standard InChI is InChI=1S/C12H16F2N2O.2ClH/c13-12(14)11(16-7-5-15-6-8-16)9-1-3-10(17)4-2-9;;/h1-4,11-12,15,17H,5-8H2;2*1H/t11-;;/m1../s1. The molecular formula is C12H18Cl2F2N2O. The second kappa shape index (κ2) is 8.53. The smallest absolute Gasteiger partial charge is 0.258 e. The van der Waals surface area contributed by atoms with Crippen molar-refractivity contribution in [3.05, 3.63) is 29.8 Å². The minimum absolute atomic E-state index is 0. The number of alkyl halides is 2. The average molecular weight is 315 g/mol. The first-order valence-electron chi connectivity index (χ1n) is 5.70. The fourth-order valence-electron chi connectivity index (χ4n) is 2.15. The van der Waals surface area contributed by atoms with Gasteiger partial charge < -0.3 is 10.4 Å². The Morgan fingerprint density at radius 1 is 1.05 bits per heavy atom. The van der Waals surface area contributed by atoms with E-state index in [1.165, 1.54) is 12.1 Å². The summed E-state index contributed by atoms with van der Waals surface area (Å²) in [6.45, 7) is 2.72. The van der Waals surface area contributed by atoms with E-state index < -0.39 is 12.5 Å². The minimum Gasteiger partial charge on any atom is -0.508 e. The molecule has 1 aliphatic heterocycles. The van der Waals surface area contributed by atoms with Gasteiger partial charge >= 0.3 is 0 Å². The molecule has 0 aliphatic carbocycles. The number of benzene rings is 1. The quantitative estimate of drug-likeness (QED) is 0.899. The van der Waals surface area contributed by atoms with Crippen molar-refractivity contribution >= 4 is 24.8 Å². The average Bonchev–Trinajstić information content (AvgIpc) is 2.33. The number of nitrogens with zero attached hydrogens (tertiary/aromatic N) is 1. The Morgan fingerprint density at radius 2 is 1.58 bits per heavy atom. The van der Waals surface area contributed by atoms with E-state index in [2.05, 4.69) is 5.32 Å². The summed E-state index contributed by atoms with van der Waals surface area (Å²) in [6.07, 6.45) is -2.42. The van der Waals surface area contributed by atoms with Crippen LogP contribution in [0.4, 0.5) is 8.78 Å². The predicted molar refractivity (Wildman–Crippen MR) is 75.8 cm³/mol. The molecule has 1 saturated heterocycles. The van der Waals surface area contributed by atoms with Gasteiger partial charge in [-0.25, -0.2) is 8.78 Å². The summed E-state index contributed by atoms with van der Waals surface area (Å²) >= 11 is 0. The van der Waals surface area contributed by atoms with Crippen LogP contribution in [0.3, 0.4) is 0 Å². The van der Waals surface area contributed by atoms with Gasteiger partial charge in [-0.15, -0.1) is 24.8 Å². The number of piperazine rings is 1. The molecule has 1 heterocycles. The van der Waals surface area contributed by atoms with Crippen molar-refractivity contribution in [3.63, 3.8) is 0 Å². The Hall–Kier alpha value is -0.620. The van der Waals surface area contributed by atoms with Gasteiger partial charge in [0, 0.05) is 26.2 Å². The van der Waals surface area contributed by atoms with Crippen molar-refractivity contribution in [2.75, 3.05) is 26.2 Å². The molecule has 0 aromatic heterocycles. The van der Waals surface area contributed by atoms with Gasteiger partial charge in [-0.3, -0.25) is 4.90 Å². The number of halogens is 4. The Kier molecular flexibility index (Phi) is 8.25. The molecule has 0 radical (unpaired) electrons. The van der Waals surface area contributed by atoms with Crippen molar-refractivity contribution in [3.8, 4) is 5.75 Å². The van der Waals surface area contributed by atoms with Gasteiger partial charge in [-0.1, -0.05) is 12.1 Å². The molecule has 1 aromatic rings. The van der Waals surface area contributed by atoms with Crippen LogP contribution in [0.1, 0.15) is 11.6 Å². The molecule has 2 N–H and O–H groups in total. The van der Waals surface area contributed by atoms with Crippen LogP contribution in [-0.4, -0.2) is 42.6 Å². The van der Waals surface area contributed by atoms with Crippen LogP contribution in [0.15, 0.2) is 24.3 Å². The molecule has 110 valence electrons. The monoisotopic (exact) mass is 314 g/mol. The molecule has 1 atom stereocenters. The lowest BCUT2D eigenvalue weighted by Crippen LogP contribution is -2.46. The van der Waals surface area contributed by atoms with Gasteiger partial charge in [0.15, 0.2) is 0 Å². The van der Waals surface area contributed by atoms with Crippen molar-refractivity contribution < 1.29 is 13.9 Å². The summed E-state index contributed by atoms with van der Waals surface area (Å²) in [5, 5.41) is 12.3. The number of phenols is 1. The Bertz CT molecular complexity index is 359. The van der Waals surface area contributed by atoms with Gasteiger partial charge in [-0.05, 0) is 17.7 Å². The Balaban J connectivity index is 0.00000162. The Labute approximate surface area is 123 Å². The third-order valence-corrected chi connectivity index (χ3v) is 3.02. The maximum Gasteiger partial charge on any atom is 0.258 e. The number of hydrogen-bond acceptors (Lipinski definition) is 3. The normalized spacial score (nSPS) is 17.4. The molecule has 1 aromatic carbocycles. The summed E-state index contributed by atoms with van der Waals surface area (Å²) in [7, 11) is 0. The van der Waals surface area contributed by atoms with Gasteiger partial charge in [0.25, 0.3) is 6.43 Å². The number of phenolic OH excluding ortho intramolecular Hbond substituents is 1. The van der Waals surface area contributed by atoms with E-state index in [1.54, 1.807) is 17.0 Å². The zero-order valence-electron chi connectivity index (χ0n) is 10.3. The van der Waals surface area contributed by atoms with Crippen molar-refractivity contribution in [1.82, 2.24) is 10.2 Å². The molecule has 7 heteroatoms. The lowest BCUT2D eigenvalue weighted by atomic mass is 10.0. The van der Waals surface area contributed by atoms with Gasteiger partial charge in [0.1, 0.15) is 5.75 Å². The molecule has 0 bridgehead atoms. The third-order valence-electron chi connectivity index (χ3n) is 3.02. The highest BCUT2D eigenvalue weighted by Gasteiger charge is 2.29. The second-order valence-corrected chi connectivity index (χ2v) is 4.16. The topological polar surface area (TPSA) is 35.5 Å². The van der Waals surface area contributed by atoms with Crippen LogP contribution in [0.25, 0.3) is 0 Å². The van der Waals surface area contributed by atoms with Crippen LogP contribution < -0.4 is 5.32 Å². The van der Waals surface area contributed by atoms with E-state index in [9.17, 15) is 13.9 Å². The highest BCUT2D eigenvalue weighted by Crippen LogP contribution is 2.28. The van der Waals surface area contributed by atoms with Crippen molar-refractivity contribution in [2.45, 2.75) is 12.5 Å². The molecule has 0 spiro atoms. The van der Waals surface area contributed by atoms with E-state index in [0.717, 1.165) is 13.1 Å². The molecule has 3 nitrogen and oxygen atoms in total. The van der Waals surface area contributed by atoms with Crippen LogP contribution in [-0.2, 0) is 0 Å². The number of rotatable bonds is 3. The van der Waals surface area contributed by atoms with E-state index in [0.29, 0.717) is 18.7 Å². The van der Waals surface area contributed by atoms with Crippen LogP contribution in [0, 0.1) is 0 Å². The van der Waals surface area contributed by atoms with E-state index in [-0.39, 0.29) is 30.6 Å². The van der Waals surface area contributed by atoms with Crippen LogP contribution in [0.5, 0.6) is 5.75 Å². The first kappa shape index (κ1) is 18.4. The van der Waals surface area contributed by atoms with E-state index in [4.69, 9.17) is 0 Å². The molecule has 19 heavy (non-hydrogen) atoms. The van der Waals surface area contributed by atoms with Gasteiger partial charge in [0.2, 0.25) is 0 Å². The zero-order valence-corrected chi connectivity index (χ0v) is 11.9. The lowest BCUT2D eigenvalue weighted by molar-refractivity contribution is 0.0181. The van der Waals surface area contributed by atoms with Crippen LogP contribution in [0.2, 0.25) is 0 Å². The molecule has 1 fully saturated rings. The SMILES string of the molecule is Cl.Cl.Oc1ccc([C@H](C(F)F)N2CCNCC2)cc1. The maximum atomic E-state index is 13.1. The van der Waals surface area contributed by atoms with Gasteiger partial charge in [0.05, 0.1) is 6.04 Å². The Morgan fingerprint density at radius 3 is 2.05 bits per heavy atom.